The zero-order valence-corrected chi connectivity index (χ0v) is 14.4. The minimum atomic E-state index is 0.192. The van der Waals surface area contributed by atoms with Crippen LogP contribution in [-0.4, -0.2) is 65.9 Å². The van der Waals surface area contributed by atoms with E-state index in [4.69, 9.17) is 0 Å². The Hall–Kier alpha value is -1.53. The van der Waals surface area contributed by atoms with Crippen LogP contribution in [0.5, 0.6) is 0 Å². The van der Waals surface area contributed by atoms with E-state index < -0.39 is 0 Å². The van der Waals surface area contributed by atoms with E-state index in [-0.39, 0.29) is 5.91 Å². The lowest BCUT2D eigenvalue weighted by Crippen LogP contribution is -2.48. The predicted molar refractivity (Wildman–Crippen MR) is 97.2 cm³/mol. The topological polar surface area (TPSA) is 47.9 Å². The van der Waals surface area contributed by atoms with Crippen LogP contribution in [0.4, 0.5) is 5.69 Å². The van der Waals surface area contributed by atoms with Crippen LogP contribution in [0.3, 0.4) is 0 Å². The molecule has 5 nitrogen and oxygen atoms in total. The highest BCUT2D eigenvalue weighted by Crippen LogP contribution is 2.17. The van der Waals surface area contributed by atoms with Crippen molar-refractivity contribution in [2.24, 2.45) is 4.99 Å². The Morgan fingerprint density at radius 3 is 2.57 bits per heavy atom. The van der Waals surface area contributed by atoms with E-state index >= 15 is 0 Å². The summed E-state index contributed by atoms with van der Waals surface area (Å²) in [6.45, 7) is 7.31. The standard InChI is InChI=1S/C17H24N4OS/c1-14(22)21-11-9-20(10-12-21)8-6-15-2-4-16(5-3-15)19-17-18-7-13-23-17/h2-5H,6-13H2,1H3,(H,18,19). The van der Waals surface area contributed by atoms with Crippen LogP contribution in [0, 0.1) is 0 Å². The molecule has 0 bridgehead atoms. The third-order valence-electron chi connectivity index (χ3n) is 4.33. The van der Waals surface area contributed by atoms with E-state index in [0.717, 1.165) is 62.3 Å². The number of piperazine rings is 1. The number of carbonyl (C=O) groups is 1. The maximum absolute atomic E-state index is 11.3. The normalized spacial score (nSPS) is 18.8. The highest BCUT2D eigenvalue weighted by atomic mass is 32.2. The molecule has 1 amide bonds. The van der Waals surface area contributed by atoms with Gasteiger partial charge in [-0.05, 0) is 24.1 Å². The lowest BCUT2D eigenvalue weighted by atomic mass is 10.1. The van der Waals surface area contributed by atoms with Gasteiger partial charge >= 0.3 is 0 Å². The Balaban J connectivity index is 1.43. The minimum Gasteiger partial charge on any atom is -0.340 e. The molecule has 23 heavy (non-hydrogen) atoms. The van der Waals surface area contributed by atoms with Crippen molar-refractivity contribution in [3.63, 3.8) is 0 Å². The van der Waals surface area contributed by atoms with Gasteiger partial charge in [-0.3, -0.25) is 14.7 Å². The number of rotatable bonds is 4. The summed E-state index contributed by atoms with van der Waals surface area (Å²) in [5.74, 6) is 1.27. The Kier molecular flexibility index (Phi) is 5.56. The Morgan fingerprint density at radius 2 is 1.96 bits per heavy atom. The predicted octanol–water partition coefficient (Wildman–Crippen LogP) is 1.91. The number of thioether (sulfide) groups is 1. The molecule has 2 heterocycles. The third kappa shape index (κ3) is 4.72. The van der Waals surface area contributed by atoms with Crippen LogP contribution in [0.2, 0.25) is 0 Å². The number of hydrogen-bond acceptors (Lipinski definition) is 5. The summed E-state index contributed by atoms with van der Waals surface area (Å²) in [5, 5.41) is 4.38. The fourth-order valence-electron chi connectivity index (χ4n) is 2.86. The second-order valence-corrected chi connectivity index (χ2v) is 7.04. The van der Waals surface area contributed by atoms with Gasteiger partial charge in [0.15, 0.2) is 5.17 Å². The van der Waals surface area contributed by atoms with Crippen LogP contribution in [-0.2, 0) is 11.2 Å². The lowest BCUT2D eigenvalue weighted by molar-refractivity contribution is -0.130. The van der Waals surface area contributed by atoms with Gasteiger partial charge in [0.25, 0.3) is 0 Å². The van der Waals surface area contributed by atoms with Crippen molar-refractivity contribution in [1.29, 1.82) is 0 Å². The van der Waals surface area contributed by atoms with E-state index in [1.54, 1.807) is 18.7 Å². The van der Waals surface area contributed by atoms with Crippen LogP contribution in [0.25, 0.3) is 0 Å². The average molecular weight is 332 g/mol. The zero-order chi connectivity index (χ0) is 16.1. The van der Waals surface area contributed by atoms with Crippen molar-refractivity contribution < 1.29 is 4.79 Å². The third-order valence-corrected chi connectivity index (χ3v) is 5.22. The molecule has 6 heteroatoms. The van der Waals surface area contributed by atoms with Gasteiger partial charge in [0.1, 0.15) is 0 Å². The summed E-state index contributed by atoms with van der Waals surface area (Å²) < 4.78 is 0. The summed E-state index contributed by atoms with van der Waals surface area (Å²) >= 11 is 1.78. The molecule has 1 N–H and O–H groups in total. The van der Waals surface area contributed by atoms with Gasteiger partial charge in [0, 0.05) is 51.1 Å². The Labute approximate surface area is 142 Å². The van der Waals surface area contributed by atoms with Gasteiger partial charge in [0.2, 0.25) is 5.91 Å². The van der Waals surface area contributed by atoms with Crippen molar-refractivity contribution >= 4 is 28.5 Å². The smallest absolute Gasteiger partial charge is 0.219 e. The summed E-state index contributed by atoms with van der Waals surface area (Å²) in [5.41, 5.74) is 2.46. The number of nitrogens with one attached hydrogen (secondary N) is 1. The molecule has 2 aliphatic rings. The van der Waals surface area contributed by atoms with Gasteiger partial charge in [-0.1, -0.05) is 23.9 Å². The molecule has 0 unspecified atom stereocenters. The quantitative estimate of drug-likeness (QED) is 0.915. The van der Waals surface area contributed by atoms with Crippen LogP contribution >= 0.6 is 11.8 Å². The number of aliphatic imine (C=N–C) groups is 1. The first-order chi connectivity index (χ1) is 11.2. The second-order valence-electron chi connectivity index (χ2n) is 5.95. The molecule has 0 radical (unpaired) electrons. The van der Waals surface area contributed by atoms with Crippen molar-refractivity contribution in [2.45, 2.75) is 13.3 Å². The highest BCUT2D eigenvalue weighted by Gasteiger charge is 2.17. The SMILES string of the molecule is CC(=O)N1CCN(CCc2ccc(NC3=NCCS3)cc2)CC1. The number of carbonyl (C=O) groups excluding carboxylic acids is 1. The molecule has 0 aromatic heterocycles. The van der Waals surface area contributed by atoms with Crippen LogP contribution in [0.15, 0.2) is 29.3 Å². The number of benzene rings is 1. The first-order valence-corrected chi connectivity index (χ1v) is 9.20. The fraction of sp³-hybridized carbons (Fsp3) is 0.529. The van der Waals surface area contributed by atoms with E-state index in [1.165, 1.54) is 5.56 Å². The molecule has 0 aliphatic carbocycles. The van der Waals surface area contributed by atoms with Crippen molar-refractivity contribution in [3.8, 4) is 0 Å². The molecule has 1 saturated heterocycles. The van der Waals surface area contributed by atoms with Gasteiger partial charge in [-0.2, -0.15) is 0 Å². The molecule has 1 fully saturated rings. The van der Waals surface area contributed by atoms with Gasteiger partial charge in [-0.25, -0.2) is 0 Å². The molecule has 0 saturated carbocycles. The highest BCUT2D eigenvalue weighted by molar-refractivity contribution is 8.14. The fourth-order valence-corrected chi connectivity index (χ4v) is 3.61. The molecule has 124 valence electrons. The molecule has 0 atom stereocenters. The summed E-state index contributed by atoms with van der Waals surface area (Å²) in [4.78, 5) is 20.1. The van der Waals surface area contributed by atoms with Crippen LogP contribution in [0.1, 0.15) is 12.5 Å². The van der Waals surface area contributed by atoms with Crippen molar-refractivity contribution in [3.05, 3.63) is 29.8 Å². The van der Waals surface area contributed by atoms with E-state index in [9.17, 15) is 4.79 Å². The number of amides is 1. The lowest BCUT2D eigenvalue weighted by Gasteiger charge is -2.34. The van der Waals surface area contributed by atoms with Gasteiger partial charge in [-0.15, -0.1) is 0 Å². The average Bonchev–Trinajstić information content (AvgIpc) is 3.07. The monoisotopic (exact) mass is 332 g/mol. The summed E-state index contributed by atoms with van der Waals surface area (Å²) in [6.07, 6.45) is 1.05. The Morgan fingerprint density at radius 1 is 1.22 bits per heavy atom. The number of nitrogens with zero attached hydrogens (tertiary/aromatic N) is 3. The first kappa shape index (κ1) is 16.3. The van der Waals surface area contributed by atoms with Crippen molar-refractivity contribution in [2.75, 3.05) is 50.3 Å². The number of hydrogen-bond donors (Lipinski definition) is 1. The van der Waals surface area contributed by atoms with Gasteiger partial charge < -0.3 is 10.2 Å². The zero-order valence-electron chi connectivity index (χ0n) is 13.6. The first-order valence-electron chi connectivity index (χ1n) is 8.22. The molecular weight excluding hydrogens is 308 g/mol. The Bertz CT molecular complexity index is 564. The maximum atomic E-state index is 11.3. The molecule has 3 rings (SSSR count). The van der Waals surface area contributed by atoms with Crippen LogP contribution < -0.4 is 5.32 Å². The van der Waals surface area contributed by atoms with Crippen molar-refractivity contribution in [1.82, 2.24) is 9.80 Å². The molecule has 2 aliphatic heterocycles. The largest absolute Gasteiger partial charge is 0.340 e. The van der Waals surface area contributed by atoms with E-state index in [0.29, 0.717) is 0 Å². The number of anilines is 1. The molecule has 0 spiro atoms. The molecule has 1 aromatic rings. The summed E-state index contributed by atoms with van der Waals surface area (Å²) in [6, 6.07) is 8.64. The summed E-state index contributed by atoms with van der Waals surface area (Å²) in [7, 11) is 0. The van der Waals surface area contributed by atoms with Gasteiger partial charge in [0.05, 0.1) is 6.54 Å². The molecular formula is C17H24N4OS. The minimum absolute atomic E-state index is 0.192. The maximum Gasteiger partial charge on any atom is 0.219 e. The molecule has 1 aromatic carbocycles. The second kappa shape index (κ2) is 7.84. The number of amidine groups is 1. The van der Waals surface area contributed by atoms with E-state index in [2.05, 4.69) is 39.5 Å². The van der Waals surface area contributed by atoms with E-state index in [1.807, 2.05) is 4.90 Å².